The van der Waals surface area contributed by atoms with Crippen LogP contribution >= 0.6 is 15.9 Å². The topological polar surface area (TPSA) is 38.9 Å². The van der Waals surface area contributed by atoms with Gasteiger partial charge in [-0.1, -0.05) is 35.5 Å². The summed E-state index contributed by atoms with van der Waals surface area (Å²) in [6.45, 7) is 0. The molecule has 20 heavy (non-hydrogen) atoms. The van der Waals surface area contributed by atoms with Crippen LogP contribution < -0.4 is 0 Å². The lowest BCUT2D eigenvalue weighted by Crippen LogP contribution is -1.89. The van der Waals surface area contributed by atoms with Gasteiger partial charge in [0, 0.05) is 11.8 Å². The van der Waals surface area contributed by atoms with Gasteiger partial charge < -0.3 is 4.52 Å². The van der Waals surface area contributed by atoms with Crippen LogP contribution in [0.5, 0.6) is 0 Å². The Labute approximate surface area is 126 Å². The Balaban J connectivity index is 2.21. The minimum absolute atomic E-state index is 0.803. The summed E-state index contributed by atoms with van der Waals surface area (Å²) in [5.74, 6) is 0.806. The summed E-state index contributed by atoms with van der Waals surface area (Å²) in [5.41, 5.74) is 4.09. The number of benzene rings is 1. The van der Waals surface area contributed by atoms with Crippen LogP contribution in [0.1, 0.15) is 5.69 Å². The Morgan fingerprint density at radius 3 is 2.60 bits per heavy atom. The number of aromatic nitrogens is 2. The molecule has 0 aliphatic rings. The van der Waals surface area contributed by atoms with E-state index in [0.717, 1.165) is 39.1 Å². The number of nitrogens with zero attached hydrogens (tertiary/aromatic N) is 2. The summed E-state index contributed by atoms with van der Waals surface area (Å²) in [4.78, 5) is 4.17. The third-order valence-corrected chi connectivity index (χ3v) is 3.58. The Hall–Kier alpha value is -1.88. The smallest absolute Gasteiger partial charge is 0.174 e. The van der Waals surface area contributed by atoms with Crippen molar-refractivity contribution < 1.29 is 4.52 Å². The van der Waals surface area contributed by atoms with Gasteiger partial charge in [0.25, 0.3) is 0 Å². The number of hydrogen-bond donors (Lipinski definition) is 0. The second kappa shape index (κ2) is 5.63. The number of halogens is 1. The Bertz CT molecular complexity index is 728. The molecule has 0 N–H and O–H groups in total. The van der Waals surface area contributed by atoms with Crippen molar-refractivity contribution in [3.63, 3.8) is 0 Å². The van der Waals surface area contributed by atoms with E-state index < -0.39 is 0 Å². The first-order valence-corrected chi connectivity index (χ1v) is 7.24. The van der Waals surface area contributed by atoms with Crippen molar-refractivity contribution in [1.29, 1.82) is 0 Å². The van der Waals surface area contributed by atoms with Crippen LogP contribution in [0.15, 0.2) is 57.8 Å². The van der Waals surface area contributed by atoms with Gasteiger partial charge in [0.05, 0.1) is 11.3 Å². The van der Waals surface area contributed by atoms with Crippen molar-refractivity contribution in [3.8, 4) is 22.5 Å². The summed E-state index contributed by atoms with van der Waals surface area (Å²) >= 11 is 3.41. The lowest BCUT2D eigenvalue weighted by Gasteiger charge is -2.04. The van der Waals surface area contributed by atoms with E-state index in [0.29, 0.717) is 0 Å². The molecule has 3 nitrogen and oxygen atoms in total. The highest BCUT2D eigenvalue weighted by molar-refractivity contribution is 9.10. The molecule has 0 fully saturated rings. The van der Waals surface area contributed by atoms with Crippen molar-refractivity contribution in [3.05, 3.63) is 59.0 Å². The molecule has 3 aromatic rings. The molecule has 0 radical (unpaired) electrons. The second-order valence-corrected chi connectivity index (χ2v) is 5.23. The molecular weight excluding hydrogens is 315 g/mol. The lowest BCUT2D eigenvalue weighted by molar-refractivity contribution is 0.426. The van der Waals surface area contributed by atoms with Gasteiger partial charge in [-0.3, -0.25) is 0 Å². The first kappa shape index (κ1) is 13.1. The van der Waals surface area contributed by atoms with Gasteiger partial charge in [-0.2, -0.15) is 0 Å². The fraction of sp³-hybridized carbons (Fsp3) is 0.0667. The number of rotatable bonds is 3. The van der Waals surface area contributed by atoms with Crippen LogP contribution in [-0.2, 0) is 6.32 Å². The van der Waals surface area contributed by atoms with Crippen LogP contribution in [0.3, 0.4) is 0 Å². The molecular formula is C15H12BBrN2O. The molecule has 0 bridgehead atoms. The molecule has 0 atom stereocenters. The van der Waals surface area contributed by atoms with E-state index >= 15 is 0 Å². The lowest BCUT2D eigenvalue weighted by atomic mass is 9.93. The summed E-state index contributed by atoms with van der Waals surface area (Å²) < 4.78 is 6.38. The molecule has 2 heterocycles. The van der Waals surface area contributed by atoms with Crippen LogP contribution in [0.25, 0.3) is 22.5 Å². The van der Waals surface area contributed by atoms with Gasteiger partial charge in [-0.25, -0.2) is 4.98 Å². The molecule has 3 rings (SSSR count). The van der Waals surface area contributed by atoms with Gasteiger partial charge in [-0.05, 0) is 39.9 Å². The van der Waals surface area contributed by atoms with Crippen molar-refractivity contribution in [2.75, 3.05) is 0 Å². The normalized spacial score (nSPS) is 10.7. The van der Waals surface area contributed by atoms with E-state index in [4.69, 9.17) is 4.52 Å². The number of hydrogen-bond acceptors (Lipinski definition) is 3. The zero-order valence-corrected chi connectivity index (χ0v) is 12.6. The first-order valence-electron chi connectivity index (χ1n) is 6.45. The molecule has 1 aromatic carbocycles. The molecule has 0 unspecified atom stereocenters. The van der Waals surface area contributed by atoms with Crippen LogP contribution in [0.4, 0.5) is 0 Å². The van der Waals surface area contributed by atoms with Gasteiger partial charge >= 0.3 is 0 Å². The fourth-order valence-corrected chi connectivity index (χ4v) is 2.57. The molecule has 2 aromatic heterocycles. The molecule has 0 saturated carbocycles. The monoisotopic (exact) mass is 326 g/mol. The van der Waals surface area contributed by atoms with Crippen molar-refractivity contribution >= 4 is 23.8 Å². The predicted octanol–water partition coefficient (Wildman–Crippen LogP) is 3.30. The van der Waals surface area contributed by atoms with E-state index in [1.54, 1.807) is 6.20 Å². The number of pyridine rings is 1. The Morgan fingerprint density at radius 2 is 1.90 bits per heavy atom. The Morgan fingerprint density at radius 1 is 1.10 bits per heavy atom. The highest BCUT2D eigenvalue weighted by Gasteiger charge is 2.18. The minimum atomic E-state index is 0.803. The summed E-state index contributed by atoms with van der Waals surface area (Å²) in [6, 6.07) is 14.0. The minimum Gasteiger partial charge on any atom is -0.355 e. The van der Waals surface area contributed by atoms with Gasteiger partial charge in [0.1, 0.15) is 12.4 Å². The van der Waals surface area contributed by atoms with Crippen LogP contribution in [0.2, 0.25) is 0 Å². The van der Waals surface area contributed by atoms with Gasteiger partial charge in [0.15, 0.2) is 5.76 Å². The fourth-order valence-electron chi connectivity index (χ4n) is 2.21. The van der Waals surface area contributed by atoms with Gasteiger partial charge in [-0.15, -0.1) is 0 Å². The molecule has 0 aliphatic heterocycles. The quantitative estimate of drug-likeness (QED) is 0.547. The standard InChI is InChI=1S/C15H12BBrN2O/c16-9-12-14(11-6-7-18-13(17)8-11)15(20-19-12)10-4-2-1-3-5-10/h1-8H,9,16H2. The summed E-state index contributed by atoms with van der Waals surface area (Å²) in [6.07, 6.45) is 2.60. The van der Waals surface area contributed by atoms with Gasteiger partial charge in [0.2, 0.25) is 0 Å². The largest absolute Gasteiger partial charge is 0.355 e. The van der Waals surface area contributed by atoms with E-state index in [9.17, 15) is 0 Å². The average molecular weight is 327 g/mol. The van der Waals surface area contributed by atoms with E-state index in [1.807, 2.05) is 42.5 Å². The zero-order valence-electron chi connectivity index (χ0n) is 11.0. The van der Waals surface area contributed by atoms with Crippen molar-refractivity contribution in [2.45, 2.75) is 6.32 Å². The molecule has 0 aliphatic carbocycles. The van der Waals surface area contributed by atoms with E-state index in [2.05, 4.69) is 33.9 Å². The summed E-state index contributed by atoms with van der Waals surface area (Å²) in [5, 5.41) is 4.21. The second-order valence-electron chi connectivity index (χ2n) is 4.42. The van der Waals surface area contributed by atoms with E-state index in [-0.39, 0.29) is 0 Å². The first-order chi connectivity index (χ1) is 9.79. The average Bonchev–Trinajstić information content (AvgIpc) is 2.92. The van der Waals surface area contributed by atoms with Crippen molar-refractivity contribution in [2.24, 2.45) is 0 Å². The van der Waals surface area contributed by atoms with Crippen LogP contribution in [-0.4, -0.2) is 18.0 Å². The highest BCUT2D eigenvalue weighted by Crippen LogP contribution is 2.35. The highest BCUT2D eigenvalue weighted by atomic mass is 79.9. The molecule has 5 heteroatoms. The Kier molecular flexibility index (Phi) is 3.69. The van der Waals surface area contributed by atoms with E-state index in [1.165, 1.54) is 0 Å². The molecule has 98 valence electrons. The predicted molar refractivity (Wildman–Crippen MR) is 85.1 cm³/mol. The van der Waals surface area contributed by atoms with Crippen molar-refractivity contribution in [1.82, 2.24) is 10.1 Å². The maximum absolute atomic E-state index is 5.58. The maximum atomic E-state index is 5.58. The third-order valence-electron chi connectivity index (χ3n) is 3.15. The third kappa shape index (κ3) is 2.41. The SMILES string of the molecule is BCc1noc(-c2ccccc2)c1-c1ccnc(Br)c1. The van der Waals surface area contributed by atoms with Crippen LogP contribution in [0, 0.1) is 0 Å². The summed E-state index contributed by atoms with van der Waals surface area (Å²) in [7, 11) is 2.08. The maximum Gasteiger partial charge on any atom is 0.174 e. The molecule has 0 saturated heterocycles. The molecule has 0 amide bonds. The molecule has 0 spiro atoms. The zero-order chi connectivity index (χ0) is 13.9.